The van der Waals surface area contributed by atoms with Crippen LogP contribution in [0.4, 0.5) is 0 Å². The van der Waals surface area contributed by atoms with Crippen molar-refractivity contribution in [3.8, 4) is 0 Å². The molecule has 0 saturated heterocycles. The molecule has 1 N–H and O–H groups in total. The molecule has 1 atom stereocenters. The van der Waals surface area contributed by atoms with Gasteiger partial charge in [0.15, 0.2) is 0 Å². The van der Waals surface area contributed by atoms with E-state index in [4.69, 9.17) is 0 Å². The van der Waals surface area contributed by atoms with Crippen LogP contribution >= 0.6 is 34.9 Å². The molecule has 0 saturated carbocycles. The standard InChI is InChI=1S/C20H20N2OS3/c1-14-7-3-4-10-18(14)25-15(2)26-20-17(9-5-11-21-20)19(23)22-13-16-8-6-12-24-16/h3-12,15H,13H2,1-2H3,(H,22,23). The number of aryl methyl sites for hydroxylation is 1. The fraction of sp³-hybridized carbons (Fsp3) is 0.200. The summed E-state index contributed by atoms with van der Waals surface area (Å²) in [6, 6.07) is 16.0. The van der Waals surface area contributed by atoms with Crippen molar-refractivity contribution in [1.82, 2.24) is 10.3 Å². The van der Waals surface area contributed by atoms with E-state index in [0.29, 0.717) is 12.1 Å². The van der Waals surface area contributed by atoms with Gasteiger partial charge in [0.2, 0.25) is 0 Å². The Morgan fingerprint density at radius 2 is 2.00 bits per heavy atom. The van der Waals surface area contributed by atoms with Crippen LogP contribution in [0.25, 0.3) is 0 Å². The Labute approximate surface area is 166 Å². The lowest BCUT2D eigenvalue weighted by molar-refractivity contribution is 0.0947. The minimum absolute atomic E-state index is 0.0814. The van der Waals surface area contributed by atoms with E-state index in [0.717, 1.165) is 9.90 Å². The van der Waals surface area contributed by atoms with Crippen molar-refractivity contribution in [1.29, 1.82) is 0 Å². The first kappa shape index (κ1) is 19.0. The zero-order valence-corrected chi connectivity index (χ0v) is 17.1. The highest BCUT2D eigenvalue weighted by Crippen LogP contribution is 2.36. The molecule has 3 nitrogen and oxygen atoms in total. The minimum atomic E-state index is -0.0814. The highest BCUT2D eigenvalue weighted by molar-refractivity contribution is 8.17. The van der Waals surface area contributed by atoms with Crippen LogP contribution in [0, 0.1) is 6.92 Å². The molecule has 1 unspecified atom stereocenters. The lowest BCUT2D eigenvalue weighted by atomic mass is 10.2. The second-order valence-corrected chi connectivity index (χ2v) is 9.73. The summed E-state index contributed by atoms with van der Waals surface area (Å²) in [7, 11) is 0. The largest absolute Gasteiger partial charge is 0.347 e. The van der Waals surface area contributed by atoms with Gasteiger partial charge in [0, 0.05) is 16.0 Å². The lowest BCUT2D eigenvalue weighted by Gasteiger charge is -2.14. The van der Waals surface area contributed by atoms with Gasteiger partial charge in [0.25, 0.3) is 5.91 Å². The first-order chi connectivity index (χ1) is 12.6. The summed E-state index contributed by atoms with van der Waals surface area (Å²) < 4.78 is 0.245. The van der Waals surface area contributed by atoms with Crippen molar-refractivity contribution < 1.29 is 4.79 Å². The molecule has 0 aliphatic heterocycles. The third-order valence-electron chi connectivity index (χ3n) is 3.68. The van der Waals surface area contributed by atoms with Crippen molar-refractivity contribution >= 4 is 40.8 Å². The zero-order valence-electron chi connectivity index (χ0n) is 14.6. The van der Waals surface area contributed by atoms with E-state index in [1.54, 1.807) is 41.1 Å². The molecule has 2 aromatic heterocycles. The van der Waals surface area contributed by atoms with Crippen molar-refractivity contribution in [2.24, 2.45) is 0 Å². The maximum absolute atomic E-state index is 12.6. The number of aromatic nitrogens is 1. The second-order valence-electron chi connectivity index (χ2n) is 5.69. The van der Waals surface area contributed by atoms with Gasteiger partial charge in [-0.05, 0) is 49.1 Å². The number of hydrogen-bond acceptors (Lipinski definition) is 5. The Morgan fingerprint density at radius 3 is 2.77 bits per heavy atom. The number of rotatable bonds is 7. The number of amides is 1. The number of nitrogens with zero attached hydrogens (tertiary/aromatic N) is 1. The highest BCUT2D eigenvalue weighted by Gasteiger charge is 2.16. The number of benzene rings is 1. The Kier molecular flexibility index (Phi) is 6.77. The molecule has 0 spiro atoms. The van der Waals surface area contributed by atoms with Crippen LogP contribution in [0.15, 0.2) is 70.0 Å². The molecule has 0 aliphatic rings. The summed E-state index contributed by atoms with van der Waals surface area (Å²) in [6.45, 7) is 4.80. The number of hydrogen-bond donors (Lipinski definition) is 1. The number of carbonyl (C=O) groups excluding carboxylic acids is 1. The van der Waals surface area contributed by atoms with E-state index in [1.165, 1.54) is 10.5 Å². The molecular weight excluding hydrogens is 380 g/mol. The first-order valence-corrected chi connectivity index (χ1v) is 10.9. The van der Waals surface area contributed by atoms with Gasteiger partial charge in [0.1, 0.15) is 5.03 Å². The molecule has 0 bridgehead atoms. The number of nitrogens with one attached hydrogen (secondary N) is 1. The molecule has 0 fully saturated rings. The quantitative estimate of drug-likeness (QED) is 0.413. The molecule has 0 aliphatic carbocycles. The van der Waals surface area contributed by atoms with Crippen molar-refractivity contribution in [3.05, 3.63) is 76.1 Å². The van der Waals surface area contributed by atoms with Gasteiger partial charge < -0.3 is 5.32 Å². The third-order valence-corrected chi connectivity index (χ3v) is 7.06. The average molecular weight is 401 g/mol. The maximum atomic E-state index is 12.6. The summed E-state index contributed by atoms with van der Waals surface area (Å²) in [5.74, 6) is -0.0814. The summed E-state index contributed by atoms with van der Waals surface area (Å²) in [5, 5.41) is 5.76. The molecule has 3 rings (SSSR count). The Bertz CT molecular complexity index is 865. The average Bonchev–Trinajstić information content (AvgIpc) is 3.16. The zero-order chi connectivity index (χ0) is 18.4. The van der Waals surface area contributed by atoms with Crippen LogP contribution < -0.4 is 5.32 Å². The Hall–Kier alpha value is -1.76. The van der Waals surface area contributed by atoms with E-state index in [-0.39, 0.29) is 10.5 Å². The first-order valence-electron chi connectivity index (χ1n) is 8.28. The van der Waals surface area contributed by atoms with E-state index in [2.05, 4.69) is 42.3 Å². The molecule has 1 amide bonds. The van der Waals surface area contributed by atoms with Gasteiger partial charge in [-0.2, -0.15) is 0 Å². The predicted octanol–water partition coefficient (Wildman–Crippen LogP) is 5.61. The highest BCUT2D eigenvalue weighted by atomic mass is 32.2. The van der Waals surface area contributed by atoms with Crippen LogP contribution in [-0.4, -0.2) is 15.5 Å². The number of thioether (sulfide) groups is 2. The summed E-state index contributed by atoms with van der Waals surface area (Å²) >= 11 is 5.05. The molecule has 0 radical (unpaired) electrons. The predicted molar refractivity (Wildman–Crippen MR) is 112 cm³/mol. The van der Waals surface area contributed by atoms with E-state index < -0.39 is 0 Å². The molecule has 3 aromatic rings. The molecule has 26 heavy (non-hydrogen) atoms. The van der Waals surface area contributed by atoms with Crippen LogP contribution in [0.1, 0.15) is 27.7 Å². The molecule has 6 heteroatoms. The van der Waals surface area contributed by atoms with Crippen molar-refractivity contribution in [2.75, 3.05) is 0 Å². The van der Waals surface area contributed by atoms with Crippen LogP contribution in [0.3, 0.4) is 0 Å². The fourth-order valence-electron chi connectivity index (χ4n) is 2.38. The maximum Gasteiger partial charge on any atom is 0.254 e. The molecular formula is C20H20N2OS3. The van der Waals surface area contributed by atoms with E-state index in [9.17, 15) is 4.79 Å². The number of carbonyl (C=O) groups is 1. The molecule has 134 valence electrons. The van der Waals surface area contributed by atoms with Crippen molar-refractivity contribution in [3.63, 3.8) is 0 Å². The minimum Gasteiger partial charge on any atom is -0.347 e. The van der Waals surface area contributed by atoms with E-state index >= 15 is 0 Å². The van der Waals surface area contributed by atoms with Crippen LogP contribution in [0.5, 0.6) is 0 Å². The monoisotopic (exact) mass is 400 g/mol. The number of thiophene rings is 1. The third kappa shape index (κ3) is 5.13. The topological polar surface area (TPSA) is 42.0 Å². The van der Waals surface area contributed by atoms with E-state index in [1.807, 2.05) is 35.7 Å². The molecule has 2 heterocycles. The van der Waals surface area contributed by atoms with Gasteiger partial charge in [-0.1, -0.05) is 36.0 Å². The van der Waals surface area contributed by atoms with Gasteiger partial charge in [-0.15, -0.1) is 23.1 Å². The number of pyridine rings is 1. The van der Waals surface area contributed by atoms with Gasteiger partial charge in [-0.25, -0.2) is 4.98 Å². The second kappa shape index (κ2) is 9.26. The van der Waals surface area contributed by atoms with Gasteiger partial charge >= 0.3 is 0 Å². The van der Waals surface area contributed by atoms with Gasteiger partial charge in [-0.3, -0.25) is 4.79 Å². The summed E-state index contributed by atoms with van der Waals surface area (Å²) in [6.07, 6.45) is 1.74. The van der Waals surface area contributed by atoms with Crippen LogP contribution in [0.2, 0.25) is 0 Å². The smallest absolute Gasteiger partial charge is 0.254 e. The fourth-order valence-corrected chi connectivity index (χ4v) is 5.30. The molecule has 1 aromatic carbocycles. The summed E-state index contributed by atoms with van der Waals surface area (Å²) in [4.78, 5) is 19.4. The SMILES string of the molecule is Cc1ccccc1SC(C)Sc1ncccc1C(=O)NCc1cccs1. The Morgan fingerprint density at radius 1 is 1.15 bits per heavy atom. The Balaban J connectivity index is 1.66. The van der Waals surface area contributed by atoms with Gasteiger partial charge in [0.05, 0.1) is 16.7 Å². The van der Waals surface area contributed by atoms with Crippen molar-refractivity contribution in [2.45, 2.75) is 34.9 Å². The normalized spacial score (nSPS) is 11.9. The summed E-state index contributed by atoms with van der Waals surface area (Å²) in [5.41, 5.74) is 1.89. The van der Waals surface area contributed by atoms with Crippen LogP contribution in [-0.2, 0) is 6.54 Å². The lowest BCUT2D eigenvalue weighted by Crippen LogP contribution is -2.23.